The summed E-state index contributed by atoms with van der Waals surface area (Å²) in [6, 6.07) is 2.83. The maximum Gasteiger partial charge on any atom is 0.490 e. The van der Waals surface area contributed by atoms with Crippen molar-refractivity contribution in [2.75, 3.05) is 57.3 Å². The Morgan fingerprint density at radius 3 is 2.20 bits per heavy atom. The Balaban J connectivity index is 0.000000591. The molecule has 10 nitrogen and oxygen atoms in total. The monoisotopic (exact) mass is 665 g/mol. The number of benzene rings is 1. The van der Waals surface area contributed by atoms with Crippen LogP contribution >= 0.6 is 11.6 Å². The van der Waals surface area contributed by atoms with E-state index in [9.17, 15) is 36.3 Å². The van der Waals surface area contributed by atoms with Gasteiger partial charge in [-0.05, 0) is 81.8 Å². The van der Waals surface area contributed by atoms with Crippen LogP contribution in [0.15, 0.2) is 12.1 Å². The molecule has 4 fully saturated rings. The average molecular weight is 666 g/mol. The first-order valence-corrected chi connectivity index (χ1v) is 15.2. The molecule has 4 aliphatic heterocycles. The van der Waals surface area contributed by atoms with Crippen LogP contribution in [-0.4, -0.2) is 103 Å². The lowest BCUT2D eigenvalue weighted by Gasteiger charge is -2.48. The molecule has 1 spiro atoms. The van der Waals surface area contributed by atoms with Gasteiger partial charge in [0.25, 0.3) is 11.8 Å². The summed E-state index contributed by atoms with van der Waals surface area (Å²) in [5.41, 5.74) is 1.79. The van der Waals surface area contributed by atoms with Crippen LogP contribution in [0.4, 0.5) is 32.4 Å². The van der Waals surface area contributed by atoms with Crippen molar-refractivity contribution < 1.29 is 46.2 Å². The van der Waals surface area contributed by atoms with Crippen molar-refractivity contribution in [3.05, 3.63) is 28.3 Å². The Labute approximate surface area is 262 Å². The van der Waals surface area contributed by atoms with Gasteiger partial charge >= 0.3 is 18.2 Å². The number of likely N-dealkylation sites (tertiary alicyclic amines) is 2. The van der Waals surface area contributed by atoms with E-state index < -0.39 is 30.0 Å². The number of piperidine rings is 3. The second kappa shape index (κ2) is 13.8. The summed E-state index contributed by atoms with van der Waals surface area (Å²) in [7, 11) is 0. The Morgan fingerprint density at radius 2 is 1.64 bits per heavy atom. The zero-order valence-corrected chi connectivity index (χ0v) is 25.6. The highest BCUT2D eigenvalue weighted by Crippen LogP contribution is 2.42. The Hall–Kier alpha value is -3.04. The largest absolute Gasteiger partial charge is 0.490 e. The first kappa shape index (κ1) is 34.8. The summed E-state index contributed by atoms with van der Waals surface area (Å²) in [5.74, 6) is -6.43. The standard InChI is InChI=1S/C27H36ClF2N5O3.C2HF3O2/c1-18-21(28)14-19(15-22(18)35-9-3-23(36)32-25(35)38)24(37)34-12-6-26(7-13-34)4-10-33(11-5-26)16-20-2-8-31-17-27(20,29)30;3-2(4,5)1(6)7/h14-15,20,31H,2-13,16-17H2,1H3,(H,32,36,38);(H,6,7). The quantitative estimate of drug-likeness (QED) is 0.411. The molecular formula is C29H37ClF5N5O5. The molecule has 250 valence electrons. The molecule has 45 heavy (non-hydrogen) atoms. The lowest BCUT2D eigenvalue weighted by molar-refractivity contribution is -0.192. The summed E-state index contributed by atoms with van der Waals surface area (Å²) in [5, 5.41) is 12.6. The molecule has 0 aromatic heterocycles. The lowest BCUT2D eigenvalue weighted by Crippen LogP contribution is -2.53. The highest BCUT2D eigenvalue weighted by Gasteiger charge is 2.44. The van der Waals surface area contributed by atoms with Gasteiger partial charge in [-0.15, -0.1) is 0 Å². The number of aliphatic carboxylic acids is 1. The number of hydrogen-bond acceptors (Lipinski definition) is 6. The second-order valence-electron chi connectivity index (χ2n) is 12.2. The average Bonchev–Trinajstić information content (AvgIpc) is 2.97. The molecule has 4 heterocycles. The van der Waals surface area contributed by atoms with E-state index in [1.54, 1.807) is 19.1 Å². The third kappa shape index (κ3) is 8.41. The van der Waals surface area contributed by atoms with Gasteiger partial charge in [0.1, 0.15) is 0 Å². The molecule has 0 radical (unpaired) electrons. The van der Waals surface area contributed by atoms with E-state index in [1.165, 1.54) is 4.90 Å². The minimum Gasteiger partial charge on any atom is -0.475 e. The number of nitrogens with zero attached hydrogens (tertiary/aromatic N) is 3. The lowest BCUT2D eigenvalue weighted by atomic mass is 9.71. The predicted molar refractivity (Wildman–Crippen MR) is 155 cm³/mol. The number of carbonyl (C=O) groups is 4. The summed E-state index contributed by atoms with van der Waals surface area (Å²) in [4.78, 5) is 51.8. The maximum absolute atomic E-state index is 14.3. The minimum atomic E-state index is -5.08. The minimum absolute atomic E-state index is 0.123. The number of anilines is 1. The van der Waals surface area contributed by atoms with Crippen molar-refractivity contribution in [3.8, 4) is 0 Å². The number of rotatable bonds is 4. The zero-order valence-electron chi connectivity index (χ0n) is 24.8. The molecule has 0 bridgehead atoms. The second-order valence-corrected chi connectivity index (χ2v) is 12.6. The van der Waals surface area contributed by atoms with Crippen LogP contribution < -0.4 is 15.5 Å². The van der Waals surface area contributed by atoms with Gasteiger partial charge in [0.15, 0.2) is 0 Å². The zero-order chi connectivity index (χ0) is 33.2. The number of carboxylic acid groups (broad SMARTS) is 1. The first-order chi connectivity index (χ1) is 21.0. The normalized spacial score (nSPS) is 23.7. The molecular weight excluding hydrogens is 629 g/mol. The van der Waals surface area contributed by atoms with Crippen LogP contribution in [0.1, 0.15) is 54.4 Å². The van der Waals surface area contributed by atoms with E-state index in [0.29, 0.717) is 54.4 Å². The van der Waals surface area contributed by atoms with Crippen molar-refractivity contribution in [1.82, 2.24) is 20.4 Å². The number of amides is 4. The molecule has 0 aliphatic carbocycles. The van der Waals surface area contributed by atoms with Crippen LogP contribution in [0.5, 0.6) is 0 Å². The third-order valence-electron chi connectivity index (χ3n) is 9.29. The van der Waals surface area contributed by atoms with E-state index in [1.807, 2.05) is 4.90 Å². The molecule has 5 rings (SSSR count). The van der Waals surface area contributed by atoms with E-state index >= 15 is 0 Å². The van der Waals surface area contributed by atoms with Gasteiger partial charge in [-0.3, -0.25) is 19.8 Å². The van der Waals surface area contributed by atoms with Crippen molar-refractivity contribution in [2.24, 2.45) is 11.3 Å². The smallest absolute Gasteiger partial charge is 0.475 e. The molecule has 1 aromatic rings. The van der Waals surface area contributed by atoms with Crippen molar-refractivity contribution in [2.45, 2.75) is 57.5 Å². The van der Waals surface area contributed by atoms with Gasteiger partial charge in [0.05, 0.1) is 12.2 Å². The number of hydrogen-bond donors (Lipinski definition) is 3. The van der Waals surface area contributed by atoms with Crippen LogP contribution in [0.2, 0.25) is 5.02 Å². The molecule has 4 amide bonds. The summed E-state index contributed by atoms with van der Waals surface area (Å²) in [6.45, 7) is 5.82. The van der Waals surface area contributed by atoms with E-state index in [4.69, 9.17) is 21.5 Å². The SMILES string of the molecule is Cc1c(Cl)cc(C(=O)N2CCC3(CCN(CC4CCNCC4(F)F)CC3)CC2)cc1N1CCC(=O)NC1=O.O=C(O)C(F)(F)F. The van der Waals surface area contributed by atoms with Crippen LogP contribution in [0.3, 0.4) is 0 Å². The van der Waals surface area contributed by atoms with E-state index in [-0.39, 0.29) is 36.7 Å². The van der Waals surface area contributed by atoms with Gasteiger partial charge < -0.3 is 20.2 Å². The van der Waals surface area contributed by atoms with Crippen molar-refractivity contribution in [3.63, 3.8) is 0 Å². The molecule has 4 saturated heterocycles. The number of carboxylic acids is 1. The predicted octanol–water partition coefficient (Wildman–Crippen LogP) is 4.29. The number of alkyl halides is 5. The number of imide groups is 1. The number of halogens is 6. The molecule has 3 N–H and O–H groups in total. The van der Waals surface area contributed by atoms with E-state index in [0.717, 1.165) is 38.8 Å². The molecule has 0 saturated carbocycles. The fourth-order valence-electron chi connectivity index (χ4n) is 6.36. The molecule has 1 atom stereocenters. The number of urea groups is 1. The van der Waals surface area contributed by atoms with Gasteiger partial charge in [-0.25, -0.2) is 18.4 Å². The molecule has 16 heteroatoms. The van der Waals surface area contributed by atoms with Crippen LogP contribution in [0.25, 0.3) is 0 Å². The van der Waals surface area contributed by atoms with Crippen LogP contribution in [0, 0.1) is 18.3 Å². The van der Waals surface area contributed by atoms with E-state index in [2.05, 4.69) is 15.5 Å². The fraction of sp³-hybridized carbons (Fsp3) is 0.655. The summed E-state index contributed by atoms with van der Waals surface area (Å²) in [6.07, 6.45) is -0.675. The first-order valence-electron chi connectivity index (χ1n) is 14.8. The Morgan fingerprint density at radius 1 is 1.04 bits per heavy atom. The summed E-state index contributed by atoms with van der Waals surface area (Å²) >= 11 is 6.46. The summed E-state index contributed by atoms with van der Waals surface area (Å²) < 4.78 is 60.3. The van der Waals surface area contributed by atoms with Crippen molar-refractivity contribution in [1.29, 1.82) is 0 Å². The van der Waals surface area contributed by atoms with Gasteiger partial charge in [0.2, 0.25) is 5.91 Å². The van der Waals surface area contributed by atoms with Gasteiger partial charge in [-0.1, -0.05) is 11.6 Å². The van der Waals surface area contributed by atoms with Gasteiger partial charge in [0, 0.05) is 49.1 Å². The van der Waals surface area contributed by atoms with Crippen LogP contribution in [-0.2, 0) is 9.59 Å². The Kier molecular flexibility index (Phi) is 10.6. The molecule has 1 aromatic carbocycles. The molecule has 4 aliphatic rings. The highest BCUT2D eigenvalue weighted by molar-refractivity contribution is 6.32. The topological polar surface area (TPSA) is 122 Å². The third-order valence-corrected chi connectivity index (χ3v) is 9.68. The van der Waals surface area contributed by atoms with Gasteiger partial charge in [-0.2, -0.15) is 13.2 Å². The highest BCUT2D eigenvalue weighted by atomic mass is 35.5. The Bertz CT molecular complexity index is 1290. The van der Waals surface area contributed by atoms with Crippen molar-refractivity contribution >= 4 is 41.1 Å². The number of nitrogens with one attached hydrogen (secondary N) is 2. The molecule has 1 unspecified atom stereocenters. The maximum atomic E-state index is 14.3. The fourth-order valence-corrected chi connectivity index (χ4v) is 6.58. The number of carbonyl (C=O) groups excluding carboxylic acids is 3.